The number of benzene rings is 3. The number of anilines is 1. The second kappa shape index (κ2) is 12.6. The van der Waals surface area contributed by atoms with E-state index >= 15 is 4.39 Å². The van der Waals surface area contributed by atoms with Crippen molar-refractivity contribution in [1.82, 2.24) is 10.3 Å². The number of nitrogens with two attached hydrogens (primary N) is 1. The number of halogens is 1. The van der Waals surface area contributed by atoms with Gasteiger partial charge in [0, 0.05) is 43.3 Å². The molecule has 3 N–H and O–H groups in total. The van der Waals surface area contributed by atoms with Gasteiger partial charge in [-0.1, -0.05) is 30.3 Å². The standard InChI is InChI=1S/C32H29FN4O6S/c1-32(2)41-18-21(43-32)17-37(31(44)36-29(38)13-19-7-5-4-6-8-19)20-9-10-27(24(33)14-20)42-26-11-12-35-25-16-28(40-3)23(30(34)39)15-22(25)26/h4-12,14-16,18H,13,17H2,1-3H3,(H2,34,39)(H,36,38,44). The number of thiocarbonyl (C=S) groups is 1. The fourth-order valence-corrected chi connectivity index (χ4v) is 4.83. The molecule has 226 valence electrons. The first kappa shape index (κ1) is 30.2. The van der Waals surface area contributed by atoms with Crippen molar-refractivity contribution in [2.75, 3.05) is 18.6 Å². The maximum Gasteiger partial charge on any atom is 0.252 e. The molecule has 0 saturated carbocycles. The second-order valence-electron chi connectivity index (χ2n) is 10.3. The third-order valence-corrected chi connectivity index (χ3v) is 6.92. The monoisotopic (exact) mass is 616 g/mol. The van der Waals surface area contributed by atoms with Gasteiger partial charge in [-0.25, -0.2) is 4.39 Å². The molecule has 0 fully saturated rings. The number of hydrogen-bond donors (Lipinski definition) is 2. The number of pyridine rings is 1. The Hall–Kier alpha value is -5.23. The lowest BCUT2D eigenvalue weighted by atomic mass is 10.1. The van der Waals surface area contributed by atoms with Crippen molar-refractivity contribution in [3.63, 3.8) is 0 Å². The van der Waals surface area contributed by atoms with Crippen molar-refractivity contribution < 1.29 is 32.9 Å². The zero-order valence-corrected chi connectivity index (χ0v) is 24.9. The molecule has 1 aromatic heterocycles. The highest BCUT2D eigenvalue weighted by Crippen LogP contribution is 2.35. The van der Waals surface area contributed by atoms with Crippen LogP contribution < -0.4 is 25.4 Å². The number of nitrogens with one attached hydrogen (secondary N) is 1. The van der Waals surface area contributed by atoms with Crippen LogP contribution in [0.25, 0.3) is 10.9 Å². The maximum atomic E-state index is 15.6. The molecule has 2 amide bonds. The third-order valence-electron chi connectivity index (χ3n) is 6.60. The van der Waals surface area contributed by atoms with Gasteiger partial charge in [0.2, 0.25) is 11.7 Å². The molecular weight excluding hydrogens is 587 g/mol. The lowest BCUT2D eigenvalue weighted by Crippen LogP contribution is -2.44. The molecule has 10 nitrogen and oxygen atoms in total. The van der Waals surface area contributed by atoms with Crippen molar-refractivity contribution in [1.29, 1.82) is 0 Å². The minimum Gasteiger partial charge on any atom is -0.496 e. The van der Waals surface area contributed by atoms with Gasteiger partial charge in [-0.15, -0.1) is 0 Å². The Morgan fingerprint density at radius 3 is 2.50 bits per heavy atom. The maximum absolute atomic E-state index is 15.6. The van der Waals surface area contributed by atoms with Crippen LogP contribution in [0.15, 0.2) is 84.9 Å². The van der Waals surface area contributed by atoms with Crippen LogP contribution in [0.4, 0.5) is 10.1 Å². The molecule has 1 aliphatic heterocycles. The minimum absolute atomic E-state index is 0.0428. The van der Waals surface area contributed by atoms with Gasteiger partial charge in [0.1, 0.15) is 17.8 Å². The van der Waals surface area contributed by atoms with Crippen molar-refractivity contribution in [3.05, 3.63) is 102 Å². The number of ether oxygens (including phenoxy) is 4. The van der Waals surface area contributed by atoms with Crippen molar-refractivity contribution in [3.8, 4) is 17.2 Å². The van der Waals surface area contributed by atoms with Crippen LogP contribution in [0.3, 0.4) is 0 Å². The van der Waals surface area contributed by atoms with Crippen LogP contribution in [-0.2, 0) is 20.7 Å². The summed E-state index contributed by atoms with van der Waals surface area (Å²) in [5.74, 6) is -1.79. The van der Waals surface area contributed by atoms with Gasteiger partial charge in [-0.3, -0.25) is 14.6 Å². The third kappa shape index (κ3) is 6.87. The van der Waals surface area contributed by atoms with Crippen LogP contribution >= 0.6 is 12.2 Å². The molecule has 1 aliphatic rings. The normalized spacial score (nSPS) is 13.3. The van der Waals surface area contributed by atoms with E-state index in [1.807, 2.05) is 30.3 Å². The molecule has 44 heavy (non-hydrogen) atoms. The zero-order chi connectivity index (χ0) is 31.4. The highest BCUT2D eigenvalue weighted by molar-refractivity contribution is 7.80. The summed E-state index contributed by atoms with van der Waals surface area (Å²) in [6.07, 6.45) is 3.05. The molecule has 0 aliphatic carbocycles. The Labute approximate surface area is 258 Å². The van der Waals surface area contributed by atoms with Gasteiger partial charge in [0.05, 0.1) is 31.2 Å². The van der Waals surface area contributed by atoms with E-state index in [0.717, 1.165) is 5.56 Å². The van der Waals surface area contributed by atoms with Gasteiger partial charge >= 0.3 is 0 Å². The average molecular weight is 617 g/mol. The topological polar surface area (TPSA) is 125 Å². The number of rotatable bonds is 9. The number of primary amides is 1. The average Bonchev–Trinajstić information content (AvgIpc) is 3.34. The van der Waals surface area contributed by atoms with E-state index in [-0.39, 0.29) is 46.8 Å². The Balaban J connectivity index is 1.41. The second-order valence-corrected chi connectivity index (χ2v) is 10.7. The highest BCUT2D eigenvalue weighted by Gasteiger charge is 2.30. The van der Waals surface area contributed by atoms with Gasteiger partial charge in [-0.05, 0) is 42.0 Å². The molecule has 0 atom stereocenters. The summed E-state index contributed by atoms with van der Waals surface area (Å²) >= 11 is 5.59. The first-order valence-corrected chi connectivity index (χ1v) is 13.9. The van der Waals surface area contributed by atoms with Gasteiger partial charge in [-0.2, -0.15) is 0 Å². The number of methoxy groups -OCH3 is 1. The SMILES string of the molecule is COc1cc2nccc(Oc3ccc(N(CC4=COC(C)(C)O4)C(=S)NC(=O)Cc4ccccc4)cc3F)c2cc1C(N)=O. The Bertz CT molecular complexity index is 1780. The van der Waals surface area contributed by atoms with Crippen molar-refractivity contribution in [2.45, 2.75) is 26.1 Å². The molecule has 0 unspecified atom stereocenters. The number of hydrogen-bond acceptors (Lipinski definition) is 8. The number of amides is 2. The fraction of sp³-hybridized carbons (Fsp3) is 0.188. The smallest absolute Gasteiger partial charge is 0.252 e. The number of carbonyl (C=O) groups excluding carboxylic acids is 2. The van der Waals surface area contributed by atoms with E-state index in [9.17, 15) is 9.59 Å². The van der Waals surface area contributed by atoms with Crippen molar-refractivity contribution >= 4 is 45.7 Å². The largest absolute Gasteiger partial charge is 0.496 e. The quantitative estimate of drug-likeness (QED) is 0.240. The summed E-state index contributed by atoms with van der Waals surface area (Å²) in [7, 11) is 1.41. The van der Waals surface area contributed by atoms with E-state index < -0.39 is 17.5 Å². The van der Waals surface area contributed by atoms with Crippen LogP contribution in [-0.4, -0.2) is 41.4 Å². The van der Waals surface area contributed by atoms with Crippen molar-refractivity contribution in [2.24, 2.45) is 5.73 Å². The van der Waals surface area contributed by atoms with Gasteiger partial charge in [0.25, 0.3) is 5.91 Å². The van der Waals surface area contributed by atoms with Crippen LogP contribution in [0, 0.1) is 5.82 Å². The molecule has 12 heteroatoms. The first-order chi connectivity index (χ1) is 21.0. The Morgan fingerprint density at radius 1 is 1.07 bits per heavy atom. The number of aromatic nitrogens is 1. The van der Waals surface area contributed by atoms with Gasteiger partial charge in [0.15, 0.2) is 22.4 Å². The van der Waals surface area contributed by atoms with E-state index in [2.05, 4.69) is 10.3 Å². The summed E-state index contributed by atoms with van der Waals surface area (Å²) in [5, 5.41) is 3.20. The molecule has 3 aromatic carbocycles. The van der Waals surface area contributed by atoms with E-state index in [1.165, 1.54) is 42.7 Å². The van der Waals surface area contributed by atoms with Crippen LogP contribution in [0.5, 0.6) is 17.2 Å². The summed E-state index contributed by atoms with van der Waals surface area (Å²) in [6, 6.07) is 18.1. The Morgan fingerprint density at radius 2 is 1.84 bits per heavy atom. The zero-order valence-electron chi connectivity index (χ0n) is 24.1. The number of fused-ring (bicyclic) bond motifs is 1. The molecule has 0 radical (unpaired) electrons. The number of carbonyl (C=O) groups is 2. The molecule has 2 heterocycles. The molecule has 0 bridgehead atoms. The molecule has 0 spiro atoms. The van der Waals surface area contributed by atoms with Crippen LogP contribution in [0.1, 0.15) is 29.8 Å². The number of nitrogens with zero attached hydrogens (tertiary/aromatic N) is 2. The summed E-state index contributed by atoms with van der Waals surface area (Å²) in [4.78, 5) is 30.6. The van der Waals surface area contributed by atoms with E-state index in [4.69, 9.17) is 36.9 Å². The van der Waals surface area contributed by atoms with E-state index in [0.29, 0.717) is 22.3 Å². The molecule has 0 saturated heterocycles. The highest BCUT2D eigenvalue weighted by atomic mass is 32.1. The summed E-state index contributed by atoms with van der Waals surface area (Å²) < 4.78 is 38.2. The summed E-state index contributed by atoms with van der Waals surface area (Å²) in [6.45, 7) is 3.55. The fourth-order valence-electron chi connectivity index (χ4n) is 4.55. The molecular formula is C32H29FN4O6S. The summed E-state index contributed by atoms with van der Waals surface area (Å²) in [5.41, 5.74) is 7.24. The lowest BCUT2D eigenvalue weighted by molar-refractivity contribution is -0.119. The Kier molecular flexibility index (Phi) is 8.63. The predicted molar refractivity (Wildman–Crippen MR) is 166 cm³/mol. The van der Waals surface area contributed by atoms with Gasteiger partial charge < -0.3 is 34.9 Å². The molecule has 4 aromatic rings. The molecule has 5 rings (SSSR count). The predicted octanol–water partition coefficient (Wildman–Crippen LogP) is 5.35. The first-order valence-electron chi connectivity index (χ1n) is 13.5. The van der Waals surface area contributed by atoms with Crippen LogP contribution in [0.2, 0.25) is 0 Å². The lowest BCUT2D eigenvalue weighted by Gasteiger charge is -2.27. The van der Waals surface area contributed by atoms with E-state index in [1.54, 1.807) is 32.0 Å². The minimum atomic E-state index is -0.881.